The lowest BCUT2D eigenvalue weighted by Gasteiger charge is -2.34. The van der Waals surface area contributed by atoms with Crippen LogP contribution in [0.5, 0.6) is 0 Å². The number of piperidine rings is 1. The fraction of sp³-hybridized carbons (Fsp3) is 0.429. The molecule has 0 saturated carbocycles. The molecule has 2 heterocycles. The predicted octanol–water partition coefficient (Wildman–Crippen LogP) is 1.55. The molecule has 0 spiro atoms. The third-order valence-corrected chi connectivity index (χ3v) is 3.79. The summed E-state index contributed by atoms with van der Waals surface area (Å²) in [4.78, 5) is 14.3. The molecule has 2 N–H and O–H groups in total. The molecule has 1 aromatic carbocycles. The Bertz CT molecular complexity index is 593. The SMILES string of the molecule is O=C(c1ccc2[nH]ncc2c1)N1CCCC[C@@H]1CO. The lowest BCUT2D eigenvalue weighted by molar-refractivity contribution is 0.0503. The van der Waals surface area contributed by atoms with Gasteiger partial charge in [-0.3, -0.25) is 9.89 Å². The van der Waals surface area contributed by atoms with Gasteiger partial charge in [-0.15, -0.1) is 0 Å². The van der Waals surface area contributed by atoms with Crippen molar-refractivity contribution in [3.63, 3.8) is 0 Å². The summed E-state index contributed by atoms with van der Waals surface area (Å²) in [5.74, 6) is 0.00171. The second kappa shape index (κ2) is 5.01. The monoisotopic (exact) mass is 259 g/mol. The first-order chi connectivity index (χ1) is 9.29. The molecule has 0 aliphatic carbocycles. The van der Waals surface area contributed by atoms with Crippen molar-refractivity contribution in [3.05, 3.63) is 30.0 Å². The van der Waals surface area contributed by atoms with Gasteiger partial charge in [-0.25, -0.2) is 0 Å². The van der Waals surface area contributed by atoms with Crippen LogP contribution in [0, 0.1) is 0 Å². The molecule has 19 heavy (non-hydrogen) atoms. The van der Waals surface area contributed by atoms with Gasteiger partial charge in [0, 0.05) is 17.5 Å². The van der Waals surface area contributed by atoms with Crippen LogP contribution in [0.4, 0.5) is 0 Å². The summed E-state index contributed by atoms with van der Waals surface area (Å²) in [5.41, 5.74) is 1.59. The summed E-state index contributed by atoms with van der Waals surface area (Å²) in [5, 5.41) is 17.1. The van der Waals surface area contributed by atoms with E-state index in [0.29, 0.717) is 5.56 Å². The molecule has 5 heteroatoms. The van der Waals surface area contributed by atoms with E-state index in [1.165, 1.54) is 0 Å². The number of aliphatic hydroxyl groups excluding tert-OH is 1. The van der Waals surface area contributed by atoms with Crippen LogP contribution in [-0.2, 0) is 0 Å². The zero-order valence-electron chi connectivity index (χ0n) is 10.7. The number of aromatic amines is 1. The number of amides is 1. The van der Waals surface area contributed by atoms with E-state index >= 15 is 0 Å². The van der Waals surface area contributed by atoms with Gasteiger partial charge >= 0.3 is 0 Å². The minimum absolute atomic E-state index is 0.00171. The Morgan fingerprint density at radius 3 is 3.21 bits per heavy atom. The summed E-state index contributed by atoms with van der Waals surface area (Å²) < 4.78 is 0. The largest absolute Gasteiger partial charge is 0.394 e. The summed E-state index contributed by atoms with van der Waals surface area (Å²) >= 11 is 0. The van der Waals surface area contributed by atoms with Crippen LogP contribution in [0.25, 0.3) is 10.9 Å². The molecule has 100 valence electrons. The standard InChI is InChI=1S/C14H17N3O2/c18-9-12-3-1-2-6-17(12)14(19)10-4-5-13-11(7-10)8-15-16-13/h4-5,7-8,12,18H,1-3,6,9H2,(H,15,16)/t12-/m1/s1. The van der Waals surface area contributed by atoms with Crippen molar-refractivity contribution in [2.24, 2.45) is 0 Å². The topological polar surface area (TPSA) is 69.2 Å². The quantitative estimate of drug-likeness (QED) is 0.859. The maximum atomic E-state index is 12.5. The number of carbonyl (C=O) groups is 1. The summed E-state index contributed by atoms with van der Waals surface area (Å²) in [7, 11) is 0. The molecule has 1 aliphatic heterocycles. The van der Waals surface area contributed by atoms with E-state index in [4.69, 9.17) is 0 Å². The molecule has 1 atom stereocenters. The highest BCUT2D eigenvalue weighted by Gasteiger charge is 2.26. The van der Waals surface area contributed by atoms with Gasteiger partial charge < -0.3 is 10.0 Å². The van der Waals surface area contributed by atoms with Crippen molar-refractivity contribution in [2.45, 2.75) is 25.3 Å². The van der Waals surface area contributed by atoms with E-state index in [1.807, 2.05) is 18.2 Å². The lowest BCUT2D eigenvalue weighted by Crippen LogP contribution is -2.45. The van der Waals surface area contributed by atoms with Gasteiger partial charge in [0.05, 0.1) is 24.4 Å². The number of fused-ring (bicyclic) bond motifs is 1. The van der Waals surface area contributed by atoms with Crippen molar-refractivity contribution in [1.29, 1.82) is 0 Å². The van der Waals surface area contributed by atoms with Crippen LogP contribution in [-0.4, -0.2) is 45.3 Å². The van der Waals surface area contributed by atoms with Gasteiger partial charge in [-0.2, -0.15) is 5.10 Å². The molecule has 3 rings (SSSR count). The zero-order chi connectivity index (χ0) is 13.2. The first-order valence-electron chi connectivity index (χ1n) is 6.64. The first kappa shape index (κ1) is 12.2. The van der Waals surface area contributed by atoms with E-state index in [-0.39, 0.29) is 18.6 Å². The molecule has 2 aromatic rings. The summed E-state index contributed by atoms with van der Waals surface area (Å²) in [6.45, 7) is 0.771. The molecule has 1 aromatic heterocycles. The normalized spacial score (nSPS) is 19.8. The van der Waals surface area contributed by atoms with Crippen molar-refractivity contribution in [3.8, 4) is 0 Å². The third-order valence-electron chi connectivity index (χ3n) is 3.79. The van der Waals surface area contributed by atoms with Gasteiger partial charge in [0.2, 0.25) is 0 Å². The second-order valence-corrected chi connectivity index (χ2v) is 5.00. The van der Waals surface area contributed by atoms with Crippen LogP contribution < -0.4 is 0 Å². The van der Waals surface area contributed by atoms with Gasteiger partial charge in [0.15, 0.2) is 0 Å². The van der Waals surface area contributed by atoms with E-state index < -0.39 is 0 Å². The van der Waals surface area contributed by atoms with Crippen molar-refractivity contribution >= 4 is 16.8 Å². The van der Waals surface area contributed by atoms with Gasteiger partial charge in [0.25, 0.3) is 5.91 Å². The fourth-order valence-electron chi connectivity index (χ4n) is 2.70. The molecule has 1 saturated heterocycles. The van der Waals surface area contributed by atoms with Gasteiger partial charge in [-0.05, 0) is 37.5 Å². The Morgan fingerprint density at radius 1 is 1.47 bits per heavy atom. The number of aliphatic hydroxyl groups is 1. The van der Waals surface area contributed by atoms with E-state index in [0.717, 1.165) is 36.7 Å². The van der Waals surface area contributed by atoms with E-state index in [2.05, 4.69) is 10.2 Å². The predicted molar refractivity (Wildman–Crippen MR) is 71.9 cm³/mol. The van der Waals surface area contributed by atoms with Crippen LogP contribution >= 0.6 is 0 Å². The number of carbonyl (C=O) groups excluding carboxylic acids is 1. The van der Waals surface area contributed by atoms with Gasteiger partial charge in [0.1, 0.15) is 0 Å². The number of hydrogen-bond donors (Lipinski definition) is 2. The highest BCUT2D eigenvalue weighted by Crippen LogP contribution is 2.21. The number of likely N-dealkylation sites (tertiary alicyclic amines) is 1. The highest BCUT2D eigenvalue weighted by molar-refractivity contribution is 5.98. The Morgan fingerprint density at radius 2 is 2.37 bits per heavy atom. The first-order valence-corrected chi connectivity index (χ1v) is 6.64. The molecule has 1 amide bonds. The molecule has 1 fully saturated rings. The molecular weight excluding hydrogens is 242 g/mol. The number of hydrogen-bond acceptors (Lipinski definition) is 3. The number of aromatic nitrogens is 2. The zero-order valence-corrected chi connectivity index (χ0v) is 10.7. The van der Waals surface area contributed by atoms with Crippen molar-refractivity contribution in [1.82, 2.24) is 15.1 Å². The van der Waals surface area contributed by atoms with Crippen molar-refractivity contribution in [2.75, 3.05) is 13.2 Å². The lowest BCUT2D eigenvalue weighted by atomic mass is 10.0. The number of H-pyrrole nitrogens is 1. The molecule has 0 bridgehead atoms. The Labute approximate surface area is 111 Å². The fourth-order valence-corrected chi connectivity index (χ4v) is 2.70. The van der Waals surface area contributed by atoms with E-state index in [1.54, 1.807) is 11.1 Å². The smallest absolute Gasteiger partial charge is 0.254 e. The molecule has 0 unspecified atom stereocenters. The summed E-state index contributed by atoms with van der Waals surface area (Å²) in [6, 6.07) is 5.49. The molecule has 1 aliphatic rings. The van der Waals surface area contributed by atoms with Gasteiger partial charge in [-0.1, -0.05) is 0 Å². The van der Waals surface area contributed by atoms with Crippen LogP contribution in [0.15, 0.2) is 24.4 Å². The van der Waals surface area contributed by atoms with Crippen LogP contribution in [0.2, 0.25) is 0 Å². The third kappa shape index (κ3) is 2.21. The molecule has 5 nitrogen and oxygen atoms in total. The average molecular weight is 259 g/mol. The second-order valence-electron chi connectivity index (χ2n) is 5.00. The number of nitrogens with one attached hydrogen (secondary N) is 1. The summed E-state index contributed by atoms with van der Waals surface area (Å²) in [6.07, 6.45) is 4.69. The molecular formula is C14H17N3O2. The molecule has 0 radical (unpaired) electrons. The maximum absolute atomic E-state index is 12.5. The number of benzene rings is 1. The minimum Gasteiger partial charge on any atom is -0.394 e. The number of nitrogens with zero attached hydrogens (tertiary/aromatic N) is 2. The van der Waals surface area contributed by atoms with Crippen LogP contribution in [0.3, 0.4) is 0 Å². The average Bonchev–Trinajstić information content (AvgIpc) is 2.93. The minimum atomic E-state index is -0.0405. The van der Waals surface area contributed by atoms with Crippen LogP contribution in [0.1, 0.15) is 29.6 Å². The Balaban J connectivity index is 1.89. The maximum Gasteiger partial charge on any atom is 0.254 e. The highest BCUT2D eigenvalue weighted by atomic mass is 16.3. The van der Waals surface area contributed by atoms with Crippen molar-refractivity contribution < 1.29 is 9.90 Å². The number of rotatable bonds is 2. The Kier molecular flexibility index (Phi) is 3.21. The van der Waals surface area contributed by atoms with E-state index in [9.17, 15) is 9.90 Å². The Hall–Kier alpha value is -1.88.